The van der Waals surface area contributed by atoms with Gasteiger partial charge in [0.05, 0.1) is 28.2 Å². The lowest BCUT2D eigenvalue weighted by atomic mass is 9.97. The van der Waals surface area contributed by atoms with Crippen LogP contribution in [0.3, 0.4) is 0 Å². The van der Waals surface area contributed by atoms with Crippen LogP contribution < -0.4 is 5.56 Å². The predicted molar refractivity (Wildman–Crippen MR) is 105 cm³/mol. The number of aliphatic hydroxyl groups excluding tert-OH is 1. The smallest absolute Gasteiger partial charge is 0.263 e. The Hall–Kier alpha value is -1.16. The third-order valence-corrected chi connectivity index (χ3v) is 9.30. The second-order valence-electron chi connectivity index (χ2n) is 6.79. The maximum Gasteiger partial charge on any atom is 0.263 e. The summed E-state index contributed by atoms with van der Waals surface area (Å²) in [6, 6.07) is 0. The molecule has 1 aliphatic heterocycles. The molecule has 1 aliphatic carbocycles. The van der Waals surface area contributed by atoms with Gasteiger partial charge in [-0.05, 0) is 31.2 Å². The zero-order valence-electron chi connectivity index (χ0n) is 14.2. The van der Waals surface area contributed by atoms with Crippen molar-refractivity contribution in [3.63, 3.8) is 0 Å². The van der Waals surface area contributed by atoms with Gasteiger partial charge in [-0.2, -0.15) is 0 Å². The van der Waals surface area contributed by atoms with E-state index in [1.807, 2.05) is 0 Å². The second-order valence-corrected chi connectivity index (χ2v) is 11.2. The SMILES string of the molecule is C=CCn1c(S[C@H]2CS(=O)(=O)C[C@@H]2O)nc2sc3c(c2c1=O)CCCC3. The highest BCUT2D eigenvalue weighted by Crippen LogP contribution is 2.36. The predicted octanol–water partition coefficient (Wildman–Crippen LogP) is 1.77. The van der Waals surface area contributed by atoms with Crippen LogP contribution in [0.2, 0.25) is 0 Å². The number of aromatic nitrogens is 2. The van der Waals surface area contributed by atoms with Gasteiger partial charge in [0.2, 0.25) is 0 Å². The Labute approximate surface area is 159 Å². The summed E-state index contributed by atoms with van der Waals surface area (Å²) >= 11 is 2.75. The van der Waals surface area contributed by atoms with E-state index in [9.17, 15) is 18.3 Å². The molecule has 2 aromatic rings. The van der Waals surface area contributed by atoms with Gasteiger partial charge in [-0.1, -0.05) is 17.8 Å². The van der Waals surface area contributed by atoms with Crippen molar-refractivity contribution < 1.29 is 13.5 Å². The van der Waals surface area contributed by atoms with Gasteiger partial charge in [0, 0.05) is 11.4 Å². The van der Waals surface area contributed by atoms with E-state index in [0.717, 1.165) is 36.1 Å². The zero-order chi connectivity index (χ0) is 18.5. The number of sulfone groups is 1. The summed E-state index contributed by atoms with van der Waals surface area (Å²) < 4.78 is 25.1. The molecule has 2 aromatic heterocycles. The summed E-state index contributed by atoms with van der Waals surface area (Å²) in [5.74, 6) is -0.326. The van der Waals surface area contributed by atoms with Gasteiger partial charge in [0.25, 0.3) is 5.56 Å². The van der Waals surface area contributed by atoms with Crippen LogP contribution in [0.25, 0.3) is 10.2 Å². The molecule has 1 fully saturated rings. The number of thiophene rings is 1. The van der Waals surface area contributed by atoms with Crippen molar-refractivity contribution in [2.24, 2.45) is 0 Å². The van der Waals surface area contributed by atoms with Crippen LogP contribution in [0.1, 0.15) is 23.3 Å². The molecule has 2 aliphatic rings. The summed E-state index contributed by atoms with van der Waals surface area (Å²) in [5, 5.41) is 10.7. The first-order valence-electron chi connectivity index (χ1n) is 8.61. The van der Waals surface area contributed by atoms with E-state index in [4.69, 9.17) is 4.98 Å². The molecule has 1 saturated heterocycles. The van der Waals surface area contributed by atoms with Crippen molar-refractivity contribution in [2.75, 3.05) is 11.5 Å². The Morgan fingerprint density at radius 1 is 1.35 bits per heavy atom. The number of aryl methyl sites for hydroxylation is 2. The number of thioether (sulfide) groups is 1. The Kier molecular flexibility index (Phi) is 4.75. The van der Waals surface area contributed by atoms with Gasteiger partial charge in [0.15, 0.2) is 15.0 Å². The maximum absolute atomic E-state index is 13.1. The van der Waals surface area contributed by atoms with Crippen molar-refractivity contribution in [2.45, 2.75) is 48.7 Å². The van der Waals surface area contributed by atoms with E-state index in [2.05, 4.69) is 6.58 Å². The van der Waals surface area contributed by atoms with Gasteiger partial charge >= 0.3 is 0 Å². The fourth-order valence-electron chi connectivity index (χ4n) is 3.64. The standard InChI is InChI=1S/C17H20N2O4S3/c1-2-7-19-16(21)14-10-5-3-4-6-12(10)24-15(14)18-17(19)25-13-9-26(22,23)8-11(13)20/h2,11,13,20H,1,3-9H2/t11-,13-/m0/s1. The molecule has 0 saturated carbocycles. The highest BCUT2D eigenvalue weighted by Gasteiger charge is 2.38. The first-order chi connectivity index (χ1) is 12.4. The van der Waals surface area contributed by atoms with Gasteiger partial charge in [0.1, 0.15) is 4.83 Å². The minimum Gasteiger partial charge on any atom is -0.391 e. The Bertz CT molecular complexity index is 1040. The fourth-order valence-corrected chi connectivity index (χ4v) is 8.53. The Balaban J connectivity index is 1.82. The van der Waals surface area contributed by atoms with E-state index < -0.39 is 21.2 Å². The highest BCUT2D eigenvalue weighted by atomic mass is 32.2. The monoisotopic (exact) mass is 412 g/mol. The van der Waals surface area contributed by atoms with Crippen LogP contribution in [-0.2, 0) is 29.2 Å². The second kappa shape index (κ2) is 6.78. The van der Waals surface area contributed by atoms with Crippen LogP contribution >= 0.6 is 23.1 Å². The number of hydrogen-bond donors (Lipinski definition) is 1. The quantitative estimate of drug-likeness (QED) is 0.608. The number of hydrogen-bond acceptors (Lipinski definition) is 7. The van der Waals surface area contributed by atoms with Crippen LogP contribution in [-0.4, -0.2) is 45.9 Å². The number of rotatable bonds is 4. The molecule has 0 spiro atoms. The van der Waals surface area contributed by atoms with E-state index >= 15 is 0 Å². The molecular weight excluding hydrogens is 392 g/mol. The Morgan fingerprint density at radius 3 is 2.81 bits per heavy atom. The molecule has 0 amide bonds. The first kappa shape index (κ1) is 18.2. The maximum atomic E-state index is 13.1. The minimum atomic E-state index is -3.25. The number of fused-ring (bicyclic) bond motifs is 3. The topological polar surface area (TPSA) is 89.3 Å². The zero-order valence-corrected chi connectivity index (χ0v) is 16.6. The van der Waals surface area contributed by atoms with Crippen molar-refractivity contribution in [3.8, 4) is 0 Å². The number of nitrogens with zero attached hydrogens (tertiary/aromatic N) is 2. The highest BCUT2D eigenvalue weighted by molar-refractivity contribution is 8.01. The molecule has 26 heavy (non-hydrogen) atoms. The van der Waals surface area contributed by atoms with Crippen LogP contribution in [0, 0.1) is 0 Å². The Morgan fingerprint density at radius 2 is 2.12 bits per heavy atom. The summed E-state index contributed by atoms with van der Waals surface area (Å²) in [5.41, 5.74) is 1.04. The molecule has 0 aromatic carbocycles. The molecule has 140 valence electrons. The normalized spacial score (nSPS) is 24.7. The summed E-state index contributed by atoms with van der Waals surface area (Å²) in [4.78, 5) is 19.8. The van der Waals surface area contributed by atoms with E-state index in [-0.39, 0.29) is 17.1 Å². The van der Waals surface area contributed by atoms with Crippen molar-refractivity contribution in [1.82, 2.24) is 9.55 Å². The molecule has 0 radical (unpaired) electrons. The van der Waals surface area contributed by atoms with Gasteiger partial charge < -0.3 is 5.11 Å². The molecule has 2 atom stereocenters. The molecule has 4 rings (SSSR count). The molecule has 1 N–H and O–H groups in total. The van der Waals surface area contributed by atoms with Crippen molar-refractivity contribution >= 4 is 43.2 Å². The summed E-state index contributed by atoms with van der Waals surface area (Å²) in [6.45, 7) is 4.03. The third-order valence-electron chi connectivity index (χ3n) is 4.88. The lowest BCUT2D eigenvalue weighted by molar-refractivity contribution is 0.207. The van der Waals surface area contributed by atoms with Crippen LogP contribution in [0.5, 0.6) is 0 Å². The summed E-state index contributed by atoms with van der Waals surface area (Å²) in [7, 11) is -3.25. The van der Waals surface area contributed by atoms with Gasteiger partial charge in [-0.15, -0.1) is 17.9 Å². The molecule has 9 heteroatoms. The molecular formula is C17H20N2O4S3. The van der Waals surface area contributed by atoms with E-state index in [1.54, 1.807) is 22.0 Å². The molecule has 3 heterocycles. The van der Waals surface area contributed by atoms with Crippen LogP contribution in [0.15, 0.2) is 22.6 Å². The fraction of sp³-hybridized carbons (Fsp3) is 0.529. The largest absolute Gasteiger partial charge is 0.391 e. The molecule has 0 bridgehead atoms. The molecule has 6 nitrogen and oxygen atoms in total. The van der Waals surface area contributed by atoms with Gasteiger partial charge in [-0.3, -0.25) is 9.36 Å². The summed E-state index contributed by atoms with van der Waals surface area (Å²) in [6.07, 6.45) is 4.81. The lowest BCUT2D eigenvalue weighted by Crippen LogP contribution is -2.26. The van der Waals surface area contributed by atoms with Crippen molar-refractivity contribution in [1.29, 1.82) is 0 Å². The third kappa shape index (κ3) is 3.15. The van der Waals surface area contributed by atoms with Crippen LogP contribution in [0.4, 0.5) is 0 Å². The van der Waals surface area contributed by atoms with Crippen molar-refractivity contribution in [3.05, 3.63) is 33.4 Å². The van der Waals surface area contributed by atoms with E-state index in [0.29, 0.717) is 17.1 Å². The average Bonchev–Trinajstić information content (AvgIpc) is 3.07. The lowest BCUT2D eigenvalue weighted by Gasteiger charge is -2.16. The minimum absolute atomic E-state index is 0.0906. The van der Waals surface area contributed by atoms with E-state index in [1.165, 1.54) is 16.6 Å². The average molecular weight is 413 g/mol. The van der Waals surface area contributed by atoms with Gasteiger partial charge in [-0.25, -0.2) is 13.4 Å². The number of allylic oxidation sites excluding steroid dienone is 1. The number of aliphatic hydroxyl groups is 1. The first-order valence-corrected chi connectivity index (χ1v) is 12.1. The molecule has 0 unspecified atom stereocenters.